The number of esters is 2. The number of unbranched alkanes of at least 4 members (excludes halogenated alkanes) is 8. The number of hydrogen-bond donors (Lipinski definition) is 1. The number of ether oxygens (including phenoxy) is 2. The molecule has 1 N–H and O–H groups in total. The molecule has 0 fully saturated rings. The van der Waals surface area contributed by atoms with Crippen LogP contribution in [0.4, 0.5) is 0 Å². The summed E-state index contributed by atoms with van der Waals surface area (Å²) < 4.78 is 34.0. The number of phosphoric acid groups is 1. The van der Waals surface area contributed by atoms with E-state index in [-0.39, 0.29) is 44.7 Å². The van der Waals surface area contributed by atoms with E-state index in [1.165, 1.54) is 44.6 Å². The van der Waals surface area contributed by atoms with E-state index < -0.39 is 32.5 Å². The predicted octanol–water partition coefficient (Wildman–Crippen LogP) is 11.2. The van der Waals surface area contributed by atoms with Crippen LogP contribution in [0.1, 0.15) is 136 Å². The summed E-state index contributed by atoms with van der Waals surface area (Å²) in [5.74, 6) is -1.22. The van der Waals surface area contributed by atoms with Gasteiger partial charge in [0.15, 0.2) is 11.9 Å². The van der Waals surface area contributed by atoms with Gasteiger partial charge >= 0.3 is 19.8 Å². The lowest BCUT2D eigenvalue weighted by atomic mass is 10.1. The quantitative estimate of drug-likeness (QED) is 0.0124. The van der Waals surface area contributed by atoms with Gasteiger partial charge in [-0.15, -0.1) is 0 Å². The second-order valence-electron chi connectivity index (χ2n) is 15.1. The lowest BCUT2D eigenvalue weighted by Gasteiger charge is -2.24. The van der Waals surface area contributed by atoms with Crippen molar-refractivity contribution in [2.75, 3.05) is 47.5 Å². The summed E-state index contributed by atoms with van der Waals surface area (Å²) in [6, 6.07) is 0. The molecular formula is C46H77NO9P+. The molecule has 0 aliphatic carbocycles. The standard InChI is InChI=1S/C46H76NO9P/c1-6-8-10-12-14-16-18-20-21-23-25-27-29-31-33-37-46(50)56-44(42-55-57(51,52)54-40-39-47(3,4)5)41-53-45(49)38-34-36-43(48)35-32-30-28-26-24-22-19-17-15-13-11-9-7-2/h14-17,20-22,24-25,27-28,30,32,35,44H,6-13,18-19,23,26,29,31,33-34,36-42H2,1-5H3/p+1/b16-14-,17-15-,21-20-,24-22-,27-25-,30-28-,35-32+/t44-/m1/s1. The Morgan fingerprint density at radius 1 is 0.596 bits per heavy atom. The number of allylic oxidation sites excluding steroid dienone is 14. The van der Waals surface area contributed by atoms with Crippen molar-refractivity contribution in [3.05, 3.63) is 85.1 Å². The Hall–Kier alpha value is -3.14. The summed E-state index contributed by atoms with van der Waals surface area (Å²) in [6.07, 6.45) is 43.6. The highest BCUT2D eigenvalue weighted by Gasteiger charge is 2.27. The summed E-state index contributed by atoms with van der Waals surface area (Å²) in [5, 5.41) is 0. The third kappa shape index (κ3) is 40.8. The first-order chi connectivity index (χ1) is 27.4. The Labute approximate surface area is 346 Å². The molecule has 11 heteroatoms. The molecule has 0 bridgehead atoms. The first-order valence-electron chi connectivity index (χ1n) is 21.3. The molecule has 0 aliphatic rings. The van der Waals surface area contributed by atoms with Crippen LogP contribution in [-0.4, -0.2) is 80.7 Å². The molecule has 324 valence electrons. The van der Waals surface area contributed by atoms with Gasteiger partial charge in [-0.3, -0.25) is 23.4 Å². The zero-order valence-corrected chi connectivity index (χ0v) is 36.9. The van der Waals surface area contributed by atoms with Crippen LogP contribution in [0.3, 0.4) is 0 Å². The number of likely N-dealkylation sites (N-methyl/N-ethyl adjacent to an activating group) is 1. The Kier molecular flexibility index (Phi) is 35.1. The van der Waals surface area contributed by atoms with E-state index in [1.54, 1.807) is 6.08 Å². The number of hydrogen-bond acceptors (Lipinski definition) is 8. The van der Waals surface area contributed by atoms with Crippen LogP contribution in [0.5, 0.6) is 0 Å². The van der Waals surface area contributed by atoms with Gasteiger partial charge in [0.1, 0.15) is 19.8 Å². The molecule has 10 nitrogen and oxygen atoms in total. The molecular weight excluding hydrogens is 741 g/mol. The lowest BCUT2D eigenvalue weighted by Crippen LogP contribution is -2.37. The molecule has 1 unspecified atom stereocenters. The van der Waals surface area contributed by atoms with Crippen LogP contribution in [0.15, 0.2) is 85.1 Å². The Bertz CT molecular complexity index is 1310. The van der Waals surface area contributed by atoms with E-state index in [1.807, 2.05) is 33.3 Å². The van der Waals surface area contributed by atoms with Crippen molar-refractivity contribution in [3.63, 3.8) is 0 Å². The molecule has 0 saturated carbocycles. The van der Waals surface area contributed by atoms with Gasteiger partial charge in [0.25, 0.3) is 0 Å². The van der Waals surface area contributed by atoms with Gasteiger partial charge in [-0.1, -0.05) is 119 Å². The molecule has 0 rings (SSSR count). The number of rotatable bonds is 37. The minimum Gasteiger partial charge on any atom is -0.462 e. The molecule has 0 aromatic heterocycles. The lowest BCUT2D eigenvalue weighted by molar-refractivity contribution is -0.870. The van der Waals surface area contributed by atoms with Crippen molar-refractivity contribution >= 4 is 25.5 Å². The van der Waals surface area contributed by atoms with Crippen LogP contribution < -0.4 is 0 Å². The van der Waals surface area contributed by atoms with E-state index in [4.69, 9.17) is 18.5 Å². The normalized spacial score (nSPS) is 14.4. The number of ketones is 1. The fourth-order valence-corrected chi connectivity index (χ4v) is 5.71. The van der Waals surface area contributed by atoms with E-state index in [2.05, 4.69) is 74.6 Å². The van der Waals surface area contributed by atoms with E-state index >= 15 is 0 Å². The molecule has 0 heterocycles. The summed E-state index contributed by atoms with van der Waals surface area (Å²) in [5.41, 5.74) is 0. The van der Waals surface area contributed by atoms with Crippen molar-refractivity contribution in [2.45, 2.75) is 142 Å². The number of nitrogens with zero attached hydrogens (tertiary/aromatic N) is 1. The fourth-order valence-electron chi connectivity index (χ4n) is 4.97. The monoisotopic (exact) mass is 819 g/mol. The molecule has 0 aromatic rings. The number of quaternary nitrogens is 1. The highest BCUT2D eigenvalue weighted by atomic mass is 31.2. The number of carbonyl (C=O) groups excluding carboxylic acids is 3. The van der Waals surface area contributed by atoms with Gasteiger partial charge < -0.3 is 18.9 Å². The van der Waals surface area contributed by atoms with E-state index in [0.29, 0.717) is 17.4 Å². The largest absolute Gasteiger partial charge is 0.472 e. The fraction of sp³-hybridized carbons (Fsp3) is 0.630. The third-order valence-electron chi connectivity index (χ3n) is 8.37. The molecule has 0 amide bonds. The van der Waals surface area contributed by atoms with Gasteiger partial charge in [0.05, 0.1) is 27.7 Å². The van der Waals surface area contributed by atoms with Gasteiger partial charge in [0.2, 0.25) is 0 Å². The summed E-state index contributed by atoms with van der Waals surface area (Å²) >= 11 is 0. The first kappa shape index (κ1) is 53.9. The average Bonchev–Trinajstić information content (AvgIpc) is 3.15. The maximum Gasteiger partial charge on any atom is 0.472 e. The SMILES string of the molecule is CCCCC/C=C\C/C=C\C/C=C\C=C\C(=O)CCCC(=O)OC[C@H](COP(=O)(O)OCC[N+](C)(C)C)OC(=O)CCCC/C=C\C/C=C\C/C=C\CCCCC. The smallest absolute Gasteiger partial charge is 0.462 e. The molecule has 57 heavy (non-hydrogen) atoms. The number of carbonyl (C=O) groups is 3. The van der Waals surface area contributed by atoms with Crippen molar-refractivity contribution < 1.29 is 46.8 Å². The number of phosphoric ester groups is 1. The minimum atomic E-state index is -4.44. The van der Waals surface area contributed by atoms with Crippen molar-refractivity contribution in [3.8, 4) is 0 Å². The molecule has 0 aromatic carbocycles. The van der Waals surface area contributed by atoms with Crippen molar-refractivity contribution in [1.82, 2.24) is 0 Å². The van der Waals surface area contributed by atoms with Crippen LogP contribution in [0.2, 0.25) is 0 Å². The first-order valence-corrected chi connectivity index (χ1v) is 22.8. The Morgan fingerprint density at radius 3 is 1.65 bits per heavy atom. The molecule has 0 radical (unpaired) electrons. The third-order valence-corrected chi connectivity index (χ3v) is 9.36. The molecule has 0 spiro atoms. The summed E-state index contributed by atoms with van der Waals surface area (Å²) in [4.78, 5) is 47.5. The maximum atomic E-state index is 12.7. The topological polar surface area (TPSA) is 125 Å². The van der Waals surface area contributed by atoms with Gasteiger partial charge in [-0.25, -0.2) is 4.57 Å². The van der Waals surface area contributed by atoms with Crippen LogP contribution in [0.25, 0.3) is 0 Å². The maximum absolute atomic E-state index is 12.7. The predicted molar refractivity (Wildman–Crippen MR) is 234 cm³/mol. The van der Waals surface area contributed by atoms with Gasteiger partial charge in [0, 0.05) is 19.3 Å². The molecule has 0 saturated heterocycles. The Balaban J connectivity index is 4.67. The minimum absolute atomic E-state index is 0.0130. The highest BCUT2D eigenvalue weighted by molar-refractivity contribution is 7.47. The summed E-state index contributed by atoms with van der Waals surface area (Å²) in [7, 11) is 1.31. The summed E-state index contributed by atoms with van der Waals surface area (Å²) in [6.45, 7) is 4.01. The van der Waals surface area contributed by atoms with E-state index in [0.717, 1.165) is 51.4 Å². The van der Waals surface area contributed by atoms with Crippen LogP contribution >= 0.6 is 7.82 Å². The molecule has 0 aliphatic heterocycles. The zero-order valence-electron chi connectivity index (χ0n) is 36.0. The van der Waals surface area contributed by atoms with Crippen molar-refractivity contribution in [1.29, 1.82) is 0 Å². The second-order valence-corrected chi connectivity index (χ2v) is 16.5. The highest BCUT2D eigenvalue weighted by Crippen LogP contribution is 2.43. The second kappa shape index (κ2) is 37.2. The Morgan fingerprint density at radius 2 is 1.11 bits per heavy atom. The van der Waals surface area contributed by atoms with Crippen molar-refractivity contribution in [2.24, 2.45) is 0 Å². The zero-order chi connectivity index (χ0) is 42.3. The van der Waals surface area contributed by atoms with Crippen LogP contribution in [0, 0.1) is 0 Å². The van der Waals surface area contributed by atoms with Gasteiger partial charge in [-0.05, 0) is 83.1 Å². The van der Waals surface area contributed by atoms with Gasteiger partial charge in [-0.2, -0.15) is 0 Å². The van der Waals surface area contributed by atoms with E-state index in [9.17, 15) is 23.8 Å². The van der Waals surface area contributed by atoms with Crippen LogP contribution in [-0.2, 0) is 37.5 Å². The molecule has 2 atom stereocenters. The average molecular weight is 819 g/mol.